The van der Waals surface area contributed by atoms with Crippen molar-refractivity contribution in [1.29, 1.82) is 0 Å². The Hall–Kier alpha value is -0.780. The fourth-order valence-corrected chi connectivity index (χ4v) is 1.83. The van der Waals surface area contributed by atoms with Crippen molar-refractivity contribution >= 4 is 0 Å². The maximum atomic E-state index is 3.81. The van der Waals surface area contributed by atoms with Gasteiger partial charge in [-0.2, -0.15) is 0 Å². The predicted octanol–water partition coefficient (Wildman–Crippen LogP) is 5.28. The van der Waals surface area contributed by atoms with Crippen LogP contribution in [0.25, 0.3) is 0 Å². The van der Waals surface area contributed by atoms with E-state index in [1.54, 1.807) is 5.57 Å². The first kappa shape index (κ1) is 14.2. The van der Waals surface area contributed by atoms with Gasteiger partial charge in [0.05, 0.1) is 0 Å². The van der Waals surface area contributed by atoms with Crippen LogP contribution in [0.4, 0.5) is 0 Å². The molecule has 1 unspecified atom stereocenters. The zero-order valence-electron chi connectivity index (χ0n) is 10.5. The molecule has 0 aliphatic heterocycles. The van der Waals surface area contributed by atoms with Crippen LogP contribution in [0.3, 0.4) is 0 Å². The average Bonchev–Trinajstić information content (AvgIpc) is 2.23. The van der Waals surface area contributed by atoms with E-state index >= 15 is 0 Å². The zero-order valence-corrected chi connectivity index (χ0v) is 10.5. The molecular weight excluding hydrogens is 180 g/mol. The van der Waals surface area contributed by atoms with Crippen LogP contribution >= 0.6 is 0 Å². The van der Waals surface area contributed by atoms with Crippen molar-refractivity contribution in [1.82, 2.24) is 0 Å². The van der Waals surface area contributed by atoms with Gasteiger partial charge >= 0.3 is 0 Å². The van der Waals surface area contributed by atoms with E-state index in [-0.39, 0.29) is 0 Å². The summed E-state index contributed by atoms with van der Waals surface area (Å²) in [5, 5.41) is 0. The van der Waals surface area contributed by atoms with Crippen LogP contribution in [-0.4, -0.2) is 0 Å². The first-order chi connectivity index (χ1) is 7.26. The van der Waals surface area contributed by atoms with Crippen molar-refractivity contribution in [2.24, 2.45) is 5.92 Å². The molecule has 0 amide bonds. The second-order valence-corrected chi connectivity index (χ2v) is 4.15. The summed E-state index contributed by atoms with van der Waals surface area (Å²) in [5.74, 6) is 0.672. The summed E-state index contributed by atoms with van der Waals surface area (Å²) in [4.78, 5) is 0. The number of hydrogen-bond donors (Lipinski definition) is 0. The molecule has 86 valence electrons. The molecule has 0 rings (SSSR count). The second-order valence-electron chi connectivity index (χ2n) is 4.15. The van der Waals surface area contributed by atoms with Crippen LogP contribution in [-0.2, 0) is 0 Å². The van der Waals surface area contributed by atoms with Gasteiger partial charge in [0.1, 0.15) is 0 Å². The van der Waals surface area contributed by atoms with Crippen LogP contribution in [0.5, 0.6) is 0 Å². The summed E-state index contributed by atoms with van der Waals surface area (Å²) >= 11 is 0. The average molecular weight is 206 g/mol. The molecule has 0 saturated heterocycles. The third-order valence-corrected chi connectivity index (χ3v) is 2.74. The van der Waals surface area contributed by atoms with Crippen molar-refractivity contribution in [3.63, 3.8) is 0 Å². The normalized spacial score (nSPS) is 13.6. The van der Waals surface area contributed by atoms with Gasteiger partial charge in [0, 0.05) is 0 Å². The summed E-state index contributed by atoms with van der Waals surface area (Å²) in [6.07, 6.45) is 13.6. The van der Waals surface area contributed by atoms with Crippen molar-refractivity contribution < 1.29 is 0 Å². The minimum atomic E-state index is 0.672. The largest absolute Gasteiger partial charge is 0.103 e. The van der Waals surface area contributed by atoms with Crippen LogP contribution in [0.1, 0.15) is 52.4 Å². The fraction of sp³-hybridized carbons (Fsp3) is 0.600. The molecule has 1 atom stereocenters. The van der Waals surface area contributed by atoms with Gasteiger partial charge < -0.3 is 0 Å². The monoisotopic (exact) mass is 206 g/mol. The van der Waals surface area contributed by atoms with Gasteiger partial charge in [-0.1, -0.05) is 37.6 Å². The maximum absolute atomic E-state index is 3.81. The highest BCUT2D eigenvalue weighted by Gasteiger charge is 2.05. The van der Waals surface area contributed by atoms with Gasteiger partial charge in [0.2, 0.25) is 0 Å². The first-order valence-corrected chi connectivity index (χ1v) is 6.16. The quantitative estimate of drug-likeness (QED) is 0.355. The Labute approximate surface area is 95.8 Å². The van der Waals surface area contributed by atoms with Crippen LogP contribution in [0, 0.1) is 5.92 Å². The lowest BCUT2D eigenvalue weighted by Crippen LogP contribution is -1.98. The van der Waals surface area contributed by atoms with Gasteiger partial charge in [0.25, 0.3) is 0 Å². The van der Waals surface area contributed by atoms with Crippen LogP contribution in [0.2, 0.25) is 0 Å². The molecule has 0 aromatic carbocycles. The van der Waals surface area contributed by atoms with Crippen molar-refractivity contribution in [2.45, 2.75) is 52.4 Å². The van der Waals surface area contributed by atoms with E-state index in [2.05, 4.69) is 33.1 Å². The van der Waals surface area contributed by atoms with Crippen molar-refractivity contribution in [2.75, 3.05) is 0 Å². The molecule has 0 N–H and O–H groups in total. The first-order valence-electron chi connectivity index (χ1n) is 6.16. The number of rotatable bonds is 9. The van der Waals surface area contributed by atoms with Crippen molar-refractivity contribution in [3.05, 3.63) is 37.0 Å². The molecule has 0 nitrogen and oxygen atoms in total. The minimum absolute atomic E-state index is 0.672. The number of hydrogen-bond acceptors (Lipinski definition) is 0. The summed E-state index contributed by atoms with van der Waals surface area (Å²) in [6.45, 7) is 12.1. The van der Waals surface area contributed by atoms with Gasteiger partial charge in [-0.25, -0.2) is 0 Å². The molecule has 0 aliphatic carbocycles. The Morgan fingerprint density at radius 2 is 1.93 bits per heavy atom. The topological polar surface area (TPSA) is 0 Å². The van der Waals surface area contributed by atoms with Gasteiger partial charge in [-0.15, -0.1) is 13.2 Å². The van der Waals surface area contributed by atoms with E-state index in [1.807, 2.05) is 12.2 Å². The Bertz CT molecular complexity index is 198. The van der Waals surface area contributed by atoms with Gasteiger partial charge in [-0.3, -0.25) is 0 Å². The Balaban J connectivity index is 3.98. The minimum Gasteiger partial charge on any atom is -0.103 e. The Kier molecular flexibility index (Phi) is 9.26. The maximum Gasteiger partial charge on any atom is -0.0197 e. The van der Waals surface area contributed by atoms with E-state index in [0.29, 0.717) is 5.92 Å². The third-order valence-electron chi connectivity index (χ3n) is 2.74. The highest BCUT2D eigenvalue weighted by atomic mass is 14.1. The molecule has 0 radical (unpaired) electrons. The molecule has 15 heavy (non-hydrogen) atoms. The SMILES string of the molecule is C=CCCCCC(=CCC)C(C)CC=C. The van der Waals surface area contributed by atoms with E-state index in [4.69, 9.17) is 0 Å². The zero-order chi connectivity index (χ0) is 11.5. The van der Waals surface area contributed by atoms with Crippen molar-refractivity contribution in [3.8, 4) is 0 Å². The molecule has 0 bridgehead atoms. The van der Waals surface area contributed by atoms with E-state index in [9.17, 15) is 0 Å². The molecular formula is C15H26. The van der Waals surface area contributed by atoms with Crippen LogP contribution < -0.4 is 0 Å². The van der Waals surface area contributed by atoms with Gasteiger partial charge in [0.15, 0.2) is 0 Å². The highest BCUT2D eigenvalue weighted by Crippen LogP contribution is 2.21. The third kappa shape index (κ3) is 7.18. The summed E-state index contributed by atoms with van der Waals surface area (Å²) in [5.41, 5.74) is 1.61. The van der Waals surface area contributed by atoms with Gasteiger partial charge in [-0.05, 0) is 44.4 Å². The summed E-state index contributed by atoms with van der Waals surface area (Å²) in [7, 11) is 0. The molecule has 0 aliphatic rings. The Morgan fingerprint density at radius 1 is 1.20 bits per heavy atom. The highest BCUT2D eigenvalue weighted by molar-refractivity contribution is 5.07. The molecule has 0 saturated carbocycles. The molecule has 0 heteroatoms. The lowest BCUT2D eigenvalue weighted by atomic mass is 9.92. The smallest absolute Gasteiger partial charge is 0.0197 e. The fourth-order valence-electron chi connectivity index (χ4n) is 1.83. The van der Waals surface area contributed by atoms with Crippen LogP contribution in [0.15, 0.2) is 37.0 Å². The molecule has 0 heterocycles. The van der Waals surface area contributed by atoms with E-state index in [1.165, 1.54) is 19.3 Å². The number of unbranched alkanes of at least 4 members (excludes halogenated alkanes) is 2. The molecule has 0 spiro atoms. The standard InChI is InChI=1S/C15H26/c1-5-8-9-10-13-15(12-7-3)14(4)11-6-2/h5-6,12,14H,1-2,7-11,13H2,3-4H3. The predicted molar refractivity (Wildman–Crippen MR) is 71.0 cm³/mol. The van der Waals surface area contributed by atoms with E-state index in [0.717, 1.165) is 19.3 Å². The summed E-state index contributed by atoms with van der Waals surface area (Å²) in [6, 6.07) is 0. The molecule has 0 aromatic heterocycles. The molecule has 0 fully saturated rings. The summed E-state index contributed by atoms with van der Waals surface area (Å²) < 4.78 is 0. The van der Waals surface area contributed by atoms with E-state index < -0.39 is 0 Å². The lowest BCUT2D eigenvalue weighted by molar-refractivity contribution is 0.620. The molecule has 0 aromatic rings. The Morgan fingerprint density at radius 3 is 2.47 bits per heavy atom. The second kappa shape index (κ2) is 9.76. The number of allylic oxidation sites excluding steroid dienone is 4. The lowest BCUT2D eigenvalue weighted by Gasteiger charge is -2.14.